The summed E-state index contributed by atoms with van der Waals surface area (Å²) < 4.78 is 1.47. The van der Waals surface area contributed by atoms with Crippen LogP contribution < -0.4 is 17.0 Å². The zero-order valence-electron chi connectivity index (χ0n) is 17.1. The Bertz CT molecular complexity index is 287. The van der Waals surface area contributed by atoms with E-state index in [0.29, 0.717) is 0 Å². The first-order valence-electron chi connectivity index (χ1n) is 11.4. The summed E-state index contributed by atoms with van der Waals surface area (Å²) >= 11 is 0. The summed E-state index contributed by atoms with van der Waals surface area (Å²) in [7, 11) is 0. The van der Waals surface area contributed by atoms with E-state index in [1.54, 1.807) is 0 Å². The molecule has 0 amide bonds. The molecule has 0 aliphatic carbocycles. The Morgan fingerprint density at radius 3 is 1.32 bits per heavy atom. The molecule has 25 heavy (non-hydrogen) atoms. The van der Waals surface area contributed by atoms with Gasteiger partial charge in [-0.25, -0.2) is 0 Å². The summed E-state index contributed by atoms with van der Waals surface area (Å²) in [5.41, 5.74) is 0. The van der Waals surface area contributed by atoms with Gasteiger partial charge < -0.3 is 21.5 Å². The molecule has 0 saturated carbocycles. The summed E-state index contributed by atoms with van der Waals surface area (Å²) in [5.74, 6) is 0. The molecule has 3 aliphatic heterocycles. The highest BCUT2D eigenvalue weighted by molar-refractivity contribution is 4.70. The van der Waals surface area contributed by atoms with Gasteiger partial charge in [0, 0.05) is 19.6 Å². The molecule has 0 aromatic carbocycles. The minimum absolute atomic E-state index is 0. The Hall–Kier alpha value is 0.400. The zero-order valence-corrected chi connectivity index (χ0v) is 18.7. The van der Waals surface area contributed by atoms with E-state index in [1.165, 1.54) is 140 Å². The van der Waals surface area contributed by atoms with E-state index in [1.807, 2.05) is 0 Å². The monoisotopic (exact) mass is 416 g/mol. The van der Waals surface area contributed by atoms with E-state index >= 15 is 0 Å². The fraction of sp³-hybridized carbons (Fsp3) is 1.00. The molecule has 0 aromatic heterocycles. The third-order valence-corrected chi connectivity index (χ3v) is 6.66. The third-order valence-electron chi connectivity index (χ3n) is 6.66. The molecule has 3 rings (SSSR count). The van der Waals surface area contributed by atoms with Gasteiger partial charge in [-0.2, -0.15) is 0 Å². The van der Waals surface area contributed by atoms with Gasteiger partial charge >= 0.3 is 0 Å². The minimum Gasteiger partial charge on any atom is -1.00 e. The summed E-state index contributed by atoms with van der Waals surface area (Å²) in [6.07, 6.45) is 20.6. The molecule has 0 aromatic rings. The van der Waals surface area contributed by atoms with Crippen molar-refractivity contribution >= 4 is 0 Å². The maximum absolute atomic E-state index is 2.66. The quantitative estimate of drug-likeness (QED) is 0.293. The summed E-state index contributed by atoms with van der Waals surface area (Å²) in [6.45, 7) is 12.2. The predicted molar refractivity (Wildman–Crippen MR) is 106 cm³/mol. The van der Waals surface area contributed by atoms with Crippen LogP contribution in [0.5, 0.6) is 0 Å². The fourth-order valence-electron chi connectivity index (χ4n) is 4.71. The van der Waals surface area contributed by atoms with Gasteiger partial charge in [0.05, 0.1) is 26.2 Å². The first kappa shape index (κ1) is 23.4. The normalized spacial score (nSPS) is 25.1. The number of hydrogen-bond donors (Lipinski definition) is 0. The van der Waals surface area contributed by atoms with Crippen molar-refractivity contribution in [3.05, 3.63) is 0 Å². The van der Waals surface area contributed by atoms with Gasteiger partial charge in [0.15, 0.2) is 0 Å². The van der Waals surface area contributed by atoms with Crippen LogP contribution >= 0.6 is 0 Å². The highest BCUT2D eigenvalue weighted by Gasteiger charge is 2.37. The molecule has 0 atom stereocenters. The van der Waals surface area contributed by atoms with Crippen molar-refractivity contribution in [2.75, 3.05) is 45.8 Å². The average Bonchev–Trinajstić information content (AvgIpc) is 2.63. The molecule has 3 heteroatoms. The van der Waals surface area contributed by atoms with Gasteiger partial charge in [0.2, 0.25) is 0 Å². The highest BCUT2D eigenvalue weighted by atomic mass is 79.9. The zero-order chi connectivity index (χ0) is 16.9. The van der Waals surface area contributed by atoms with Crippen LogP contribution in [0.4, 0.5) is 0 Å². The average molecular weight is 418 g/mol. The van der Waals surface area contributed by atoms with E-state index in [2.05, 4.69) is 11.8 Å². The second-order valence-corrected chi connectivity index (χ2v) is 8.67. The summed E-state index contributed by atoms with van der Waals surface area (Å²) in [4.78, 5) is 2.66. The van der Waals surface area contributed by atoms with Crippen LogP contribution in [0.1, 0.15) is 96.8 Å². The number of hydrogen-bond acceptors (Lipinski definition) is 1. The Morgan fingerprint density at radius 1 is 0.560 bits per heavy atom. The smallest absolute Gasteiger partial charge is 0.0916 e. The van der Waals surface area contributed by atoms with Crippen molar-refractivity contribution in [2.24, 2.45) is 0 Å². The molecule has 3 heterocycles. The summed E-state index contributed by atoms with van der Waals surface area (Å²) in [6, 6.07) is 0. The standard InChI is InChI=1S/C22H45N2.BrH/c1-2-3-4-5-6-7-8-9-10-11-12-13-14-15-19-24-20-16-23(17-21-24)18-22-24;/h2-22H2,1H3;1H/q+1;/p-1. The Labute approximate surface area is 169 Å². The van der Waals surface area contributed by atoms with Crippen LogP contribution in [-0.4, -0.2) is 55.2 Å². The van der Waals surface area contributed by atoms with Crippen LogP contribution in [0.15, 0.2) is 0 Å². The predicted octanol–water partition coefficient (Wildman–Crippen LogP) is 2.62. The second kappa shape index (κ2) is 14.5. The minimum atomic E-state index is 0. The van der Waals surface area contributed by atoms with Crippen LogP contribution in [0, 0.1) is 0 Å². The number of fused-ring (bicyclic) bond motifs is 3. The van der Waals surface area contributed by atoms with Crippen LogP contribution in [0.25, 0.3) is 0 Å². The molecule has 150 valence electrons. The number of piperazine rings is 3. The first-order valence-corrected chi connectivity index (χ1v) is 11.4. The lowest BCUT2D eigenvalue weighted by molar-refractivity contribution is -0.941. The lowest BCUT2D eigenvalue weighted by atomic mass is 10.0. The van der Waals surface area contributed by atoms with Gasteiger partial charge in [0.1, 0.15) is 0 Å². The number of quaternary nitrogens is 1. The van der Waals surface area contributed by atoms with E-state index in [0.717, 1.165) is 0 Å². The molecule has 3 saturated heterocycles. The van der Waals surface area contributed by atoms with Gasteiger partial charge in [0.25, 0.3) is 0 Å². The van der Waals surface area contributed by atoms with E-state index in [9.17, 15) is 0 Å². The first-order chi connectivity index (χ1) is 11.8. The maximum atomic E-state index is 2.66. The van der Waals surface area contributed by atoms with Crippen molar-refractivity contribution in [3.63, 3.8) is 0 Å². The molecule has 3 fully saturated rings. The molecule has 0 spiro atoms. The van der Waals surface area contributed by atoms with Crippen molar-refractivity contribution in [1.29, 1.82) is 0 Å². The van der Waals surface area contributed by atoms with Crippen molar-refractivity contribution < 1.29 is 21.5 Å². The Morgan fingerprint density at radius 2 is 0.920 bits per heavy atom. The molecule has 2 nitrogen and oxygen atoms in total. The number of nitrogens with zero attached hydrogens (tertiary/aromatic N) is 2. The van der Waals surface area contributed by atoms with Crippen molar-refractivity contribution in [3.8, 4) is 0 Å². The lowest BCUT2D eigenvalue weighted by Crippen LogP contribution is -3.00. The number of halogens is 1. The fourth-order valence-corrected chi connectivity index (χ4v) is 4.71. The van der Waals surface area contributed by atoms with Crippen LogP contribution in [-0.2, 0) is 0 Å². The molecule has 0 radical (unpaired) electrons. The van der Waals surface area contributed by atoms with Crippen LogP contribution in [0.2, 0.25) is 0 Å². The highest BCUT2D eigenvalue weighted by Crippen LogP contribution is 2.21. The summed E-state index contributed by atoms with van der Waals surface area (Å²) in [5, 5.41) is 0. The van der Waals surface area contributed by atoms with Crippen molar-refractivity contribution in [1.82, 2.24) is 4.90 Å². The number of rotatable bonds is 15. The molecular formula is C22H45BrN2. The lowest BCUT2D eigenvalue weighted by Gasteiger charge is -2.50. The topological polar surface area (TPSA) is 3.24 Å². The largest absolute Gasteiger partial charge is 1.00 e. The Kier molecular flexibility index (Phi) is 13.6. The van der Waals surface area contributed by atoms with Gasteiger partial charge in [-0.1, -0.05) is 84.0 Å². The van der Waals surface area contributed by atoms with Gasteiger partial charge in [-0.05, 0) is 12.8 Å². The SMILES string of the molecule is CCCCCCCCCCCCCCCC[N+]12CCN(CC1)CC2.[Br-]. The molecule has 2 bridgehead atoms. The molecular weight excluding hydrogens is 372 g/mol. The van der Waals surface area contributed by atoms with Crippen molar-refractivity contribution in [2.45, 2.75) is 96.8 Å². The Balaban J connectivity index is 0.00000312. The second-order valence-electron chi connectivity index (χ2n) is 8.67. The maximum Gasteiger partial charge on any atom is 0.0916 e. The molecule has 0 unspecified atom stereocenters. The van der Waals surface area contributed by atoms with E-state index in [4.69, 9.17) is 0 Å². The molecule has 0 N–H and O–H groups in total. The van der Waals surface area contributed by atoms with E-state index in [-0.39, 0.29) is 17.0 Å². The van der Waals surface area contributed by atoms with Gasteiger partial charge in [-0.3, -0.25) is 4.90 Å². The molecule has 3 aliphatic rings. The van der Waals surface area contributed by atoms with E-state index < -0.39 is 0 Å². The third kappa shape index (κ3) is 9.77. The van der Waals surface area contributed by atoms with Crippen LogP contribution in [0.3, 0.4) is 0 Å². The number of unbranched alkanes of at least 4 members (excludes halogenated alkanes) is 13. The van der Waals surface area contributed by atoms with Gasteiger partial charge in [-0.15, -0.1) is 0 Å².